The number of anilines is 1. The van der Waals surface area contributed by atoms with Crippen LogP contribution >= 0.6 is 27.3 Å². The Morgan fingerprint density at radius 2 is 1.92 bits per heavy atom. The van der Waals surface area contributed by atoms with Gasteiger partial charge in [-0.3, -0.25) is 4.79 Å². The van der Waals surface area contributed by atoms with Crippen LogP contribution in [0.3, 0.4) is 0 Å². The van der Waals surface area contributed by atoms with Crippen LogP contribution in [-0.4, -0.2) is 31.7 Å². The molecule has 0 spiro atoms. The van der Waals surface area contributed by atoms with Gasteiger partial charge in [0.1, 0.15) is 4.21 Å². The summed E-state index contributed by atoms with van der Waals surface area (Å²) < 4.78 is 28.2. The fourth-order valence-corrected chi connectivity index (χ4v) is 6.45. The van der Waals surface area contributed by atoms with Crippen LogP contribution in [0.4, 0.5) is 5.69 Å². The average molecular weight is 457 g/mol. The maximum Gasteiger partial charge on any atom is 0.252 e. The van der Waals surface area contributed by atoms with E-state index in [1.165, 1.54) is 11.3 Å². The molecule has 1 aromatic carbocycles. The molecular weight excluding hydrogens is 436 g/mol. The molecule has 0 radical (unpaired) electrons. The molecular formula is C18H21BrN2O3S2. The van der Waals surface area contributed by atoms with Crippen molar-refractivity contribution in [1.29, 1.82) is 0 Å². The van der Waals surface area contributed by atoms with Crippen molar-refractivity contribution in [3.63, 3.8) is 0 Å². The molecule has 1 aromatic heterocycles. The number of halogens is 1. The van der Waals surface area contributed by atoms with Crippen molar-refractivity contribution in [3.8, 4) is 0 Å². The van der Waals surface area contributed by atoms with Gasteiger partial charge in [-0.05, 0) is 55.7 Å². The smallest absolute Gasteiger partial charge is 0.252 e. The van der Waals surface area contributed by atoms with Crippen molar-refractivity contribution >= 4 is 48.9 Å². The van der Waals surface area contributed by atoms with E-state index in [9.17, 15) is 13.2 Å². The normalized spacial score (nSPS) is 15.8. The number of benzene rings is 1. The average Bonchev–Trinajstić information content (AvgIpc) is 3.07. The van der Waals surface area contributed by atoms with Crippen LogP contribution in [0.2, 0.25) is 0 Å². The number of nitrogens with one attached hydrogen (secondary N) is 1. The lowest BCUT2D eigenvalue weighted by Crippen LogP contribution is -2.35. The third-order valence-electron chi connectivity index (χ3n) is 4.34. The molecule has 0 bridgehead atoms. The molecule has 26 heavy (non-hydrogen) atoms. The van der Waals surface area contributed by atoms with Crippen molar-refractivity contribution in [3.05, 3.63) is 45.2 Å². The molecule has 0 saturated carbocycles. The number of sulfonamides is 1. The number of aryl methyl sites for hydroxylation is 1. The van der Waals surface area contributed by atoms with Crippen LogP contribution in [0.25, 0.3) is 0 Å². The minimum atomic E-state index is -3.43. The Morgan fingerprint density at radius 1 is 1.19 bits per heavy atom. The first-order valence-corrected chi connectivity index (χ1v) is 11.6. The Morgan fingerprint density at radius 3 is 2.62 bits per heavy atom. The highest BCUT2D eigenvalue weighted by molar-refractivity contribution is 9.10. The summed E-state index contributed by atoms with van der Waals surface area (Å²) in [5.74, 6) is -0.154. The summed E-state index contributed by atoms with van der Waals surface area (Å²) in [5.41, 5.74) is 1.73. The zero-order valence-electron chi connectivity index (χ0n) is 14.5. The fraction of sp³-hybridized carbons (Fsp3) is 0.389. The topological polar surface area (TPSA) is 66.5 Å². The number of carbonyl (C=O) groups excluding carboxylic acids is 1. The molecule has 2 heterocycles. The molecule has 1 fully saturated rings. The van der Waals surface area contributed by atoms with Gasteiger partial charge in [0.15, 0.2) is 0 Å². The molecule has 2 aromatic rings. The minimum Gasteiger partial charge on any atom is -0.326 e. The molecule has 1 aliphatic rings. The molecule has 1 N–H and O–H groups in total. The number of amides is 1. The lowest BCUT2D eigenvalue weighted by atomic mass is 10.2. The van der Waals surface area contributed by atoms with E-state index in [-0.39, 0.29) is 12.3 Å². The second-order valence-electron chi connectivity index (χ2n) is 6.37. The van der Waals surface area contributed by atoms with Gasteiger partial charge in [0.2, 0.25) is 5.91 Å². The second kappa shape index (κ2) is 8.21. The van der Waals surface area contributed by atoms with Crippen molar-refractivity contribution in [2.75, 3.05) is 18.4 Å². The van der Waals surface area contributed by atoms with Crippen LogP contribution < -0.4 is 5.32 Å². The van der Waals surface area contributed by atoms with Gasteiger partial charge in [-0.2, -0.15) is 4.31 Å². The second-order valence-corrected chi connectivity index (χ2v) is 10.6. The maximum absolute atomic E-state index is 12.7. The van der Waals surface area contributed by atoms with Gasteiger partial charge in [0.25, 0.3) is 10.0 Å². The minimum absolute atomic E-state index is 0.154. The van der Waals surface area contributed by atoms with Gasteiger partial charge in [-0.1, -0.05) is 22.4 Å². The Balaban J connectivity index is 1.67. The van der Waals surface area contributed by atoms with Gasteiger partial charge in [-0.15, -0.1) is 11.3 Å². The summed E-state index contributed by atoms with van der Waals surface area (Å²) in [6.07, 6.45) is 3.06. The first-order chi connectivity index (χ1) is 12.4. The maximum atomic E-state index is 12.7. The number of carbonyl (C=O) groups is 1. The van der Waals surface area contributed by atoms with Crippen molar-refractivity contribution < 1.29 is 13.2 Å². The van der Waals surface area contributed by atoms with Gasteiger partial charge < -0.3 is 5.32 Å². The van der Waals surface area contributed by atoms with Crippen molar-refractivity contribution in [2.24, 2.45) is 0 Å². The van der Waals surface area contributed by atoms with E-state index in [1.54, 1.807) is 16.4 Å². The van der Waals surface area contributed by atoms with E-state index in [2.05, 4.69) is 21.2 Å². The number of piperidine rings is 1. The highest BCUT2D eigenvalue weighted by Gasteiger charge is 2.27. The van der Waals surface area contributed by atoms with E-state index < -0.39 is 10.0 Å². The van der Waals surface area contributed by atoms with Crippen LogP contribution in [0, 0.1) is 6.92 Å². The monoisotopic (exact) mass is 456 g/mol. The highest BCUT2D eigenvalue weighted by Crippen LogP contribution is 2.28. The van der Waals surface area contributed by atoms with Crippen LogP contribution in [-0.2, 0) is 21.2 Å². The number of rotatable bonds is 5. The summed E-state index contributed by atoms with van der Waals surface area (Å²) in [6.45, 7) is 3.09. The third-order valence-corrected chi connectivity index (χ3v) is 8.29. The summed E-state index contributed by atoms with van der Waals surface area (Å²) in [4.78, 5) is 13.0. The molecule has 0 atom stereocenters. The highest BCUT2D eigenvalue weighted by atomic mass is 79.9. The molecule has 5 nitrogen and oxygen atoms in total. The molecule has 1 saturated heterocycles. The van der Waals surface area contributed by atoms with E-state index in [0.717, 1.165) is 39.9 Å². The van der Waals surface area contributed by atoms with Gasteiger partial charge in [0.05, 0.1) is 6.42 Å². The molecule has 0 unspecified atom stereocenters. The zero-order chi connectivity index (χ0) is 18.7. The number of hydrogen-bond donors (Lipinski definition) is 1. The standard InChI is InChI=1S/C18H21BrN2O3S2/c1-13-11-14(19)5-7-16(13)20-17(22)12-15-6-8-18(25-15)26(23,24)21-9-3-2-4-10-21/h5-8,11H,2-4,9-10,12H2,1H3,(H,20,22). The first kappa shape index (κ1) is 19.5. The van der Waals surface area contributed by atoms with Crippen LogP contribution in [0.5, 0.6) is 0 Å². The van der Waals surface area contributed by atoms with E-state index in [4.69, 9.17) is 0 Å². The number of thiophene rings is 1. The van der Waals surface area contributed by atoms with Crippen LogP contribution in [0.1, 0.15) is 29.7 Å². The number of nitrogens with zero attached hydrogens (tertiary/aromatic N) is 1. The van der Waals surface area contributed by atoms with Crippen molar-refractivity contribution in [2.45, 2.75) is 36.8 Å². The largest absolute Gasteiger partial charge is 0.326 e. The van der Waals surface area contributed by atoms with Crippen LogP contribution in [0.15, 0.2) is 39.0 Å². The molecule has 140 valence electrons. The Labute approximate surface area is 166 Å². The van der Waals surface area contributed by atoms with E-state index in [1.807, 2.05) is 25.1 Å². The molecule has 3 rings (SSSR count). The lowest BCUT2D eigenvalue weighted by molar-refractivity contribution is -0.115. The Bertz CT molecular complexity index is 903. The summed E-state index contributed by atoms with van der Waals surface area (Å²) >= 11 is 4.58. The van der Waals surface area contributed by atoms with E-state index in [0.29, 0.717) is 17.3 Å². The quantitative estimate of drug-likeness (QED) is 0.733. The Hall–Kier alpha value is -1.22. The predicted octanol–water partition coefficient (Wildman–Crippen LogP) is 4.17. The molecule has 1 aliphatic heterocycles. The molecule has 1 amide bonds. The fourth-order valence-electron chi connectivity index (χ4n) is 2.94. The molecule has 8 heteroatoms. The zero-order valence-corrected chi connectivity index (χ0v) is 17.7. The summed E-state index contributed by atoms with van der Waals surface area (Å²) in [7, 11) is -3.43. The van der Waals surface area contributed by atoms with Gasteiger partial charge >= 0.3 is 0 Å². The van der Waals surface area contributed by atoms with Gasteiger partial charge in [-0.25, -0.2) is 8.42 Å². The summed E-state index contributed by atoms with van der Waals surface area (Å²) in [5, 5.41) is 2.88. The first-order valence-electron chi connectivity index (χ1n) is 8.51. The lowest BCUT2D eigenvalue weighted by Gasteiger charge is -2.25. The number of hydrogen-bond acceptors (Lipinski definition) is 4. The molecule has 0 aliphatic carbocycles. The third kappa shape index (κ3) is 4.54. The Kier molecular flexibility index (Phi) is 6.17. The summed E-state index contributed by atoms with van der Waals surface area (Å²) in [6, 6.07) is 9.00. The van der Waals surface area contributed by atoms with E-state index >= 15 is 0 Å². The van der Waals surface area contributed by atoms with Crippen molar-refractivity contribution in [1.82, 2.24) is 4.31 Å². The predicted molar refractivity (Wildman–Crippen MR) is 108 cm³/mol. The SMILES string of the molecule is Cc1cc(Br)ccc1NC(=O)Cc1ccc(S(=O)(=O)N2CCCCC2)s1. The van der Waals surface area contributed by atoms with Gasteiger partial charge in [0, 0.05) is 28.1 Å².